The van der Waals surface area contributed by atoms with Crippen LogP contribution in [0.2, 0.25) is 5.02 Å². The molecule has 1 fully saturated rings. The fraction of sp³-hybridized carbons (Fsp3) is 0.273. The second kappa shape index (κ2) is 10.8. The average Bonchev–Trinajstić information content (AvgIpc) is 3.29. The summed E-state index contributed by atoms with van der Waals surface area (Å²) in [5.41, 5.74) is 1.74. The fourth-order valence-corrected chi connectivity index (χ4v) is 5.09. The van der Waals surface area contributed by atoms with Crippen LogP contribution in [0.25, 0.3) is 0 Å². The van der Waals surface area contributed by atoms with Crippen LogP contribution in [0.1, 0.15) is 5.56 Å². The van der Waals surface area contributed by atoms with Gasteiger partial charge in [-0.2, -0.15) is 0 Å². The van der Waals surface area contributed by atoms with Gasteiger partial charge in [-0.15, -0.1) is 10.2 Å². The van der Waals surface area contributed by atoms with Crippen LogP contribution in [0.3, 0.4) is 0 Å². The number of anilines is 2. The van der Waals surface area contributed by atoms with Crippen molar-refractivity contribution in [3.63, 3.8) is 0 Å². The number of nitrogens with zero attached hydrogens (tertiary/aromatic N) is 4. The summed E-state index contributed by atoms with van der Waals surface area (Å²) in [6, 6.07) is 16.8. The topological polar surface area (TPSA) is 78.4 Å². The van der Waals surface area contributed by atoms with Crippen LogP contribution in [0.4, 0.5) is 10.8 Å². The molecule has 1 aliphatic heterocycles. The molecule has 0 bridgehead atoms. The Kier molecular flexibility index (Phi) is 7.62. The van der Waals surface area contributed by atoms with Crippen molar-refractivity contribution in [1.82, 2.24) is 15.1 Å². The molecule has 2 amide bonds. The van der Waals surface area contributed by atoms with Crippen molar-refractivity contribution in [3.8, 4) is 0 Å². The second-order valence-electron chi connectivity index (χ2n) is 7.22. The van der Waals surface area contributed by atoms with E-state index in [-0.39, 0.29) is 17.6 Å². The molecule has 0 aliphatic carbocycles. The zero-order valence-corrected chi connectivity index (χ0v) is 19.6. The van der Waals surface area contributed by atoms with Crippen LogP contribution in [0, 0.1) is 0 Å². The van der Waals surface area contributed by atoms with Crippen molar-refractivity contribution < 1.29 is 9.59 Å². The highest BCUT2D eigenvalue weighted by atomic mass is 35.5. The van der Waals surface area contributed by atoms with Gasteiger partial charge in [-0.1, -0.05) is 65.0 Å². The van der Waals surface area contributed by atoms with Crippen LogP contribution in [-0.2, 0) is 16.0 Å². The first-order valence-corrected chi connectivity index (χ1v) is 12.3. The van der Waals surface area contributed by atoms with Crippen LogP contribution in [-0.4, -0.2) is 58.8 Å². The van der Waals surface area contributed by atoms with E-state index in [1.165, 1.54) is 23.1 Å². The number of thioether (sulfide) groups is 1. The molecule has 1 aromatic heterocycles. The number of nitrogens with one attached hydrogen (secondary N) is 1. The number of rotatable bonds is 7. The SMILES string of the molecule is O=C(CSc1nnc(N2CCN(C(=O)Cc3ccc(Cl)cc3)CC2)s1)Nc1ccccc1. The first-order valence-electron chi connectivity index (χ1n) is 10.2. The molecule has 1 saturated heterocycles. The molecule has 4 rings (SSSR count). The molecule has 2 heterocycles. The lowest BCUT2D eigenvalue weighted by atomic mass is 10.1. The van der Waals surface area contributed by atoms with E-state index in [0.717, 1.165) is 20.7 Å². The largest absolute Gasteiger partial charge is 0.343 e. The molecule has 0 unspecified atom stereocenters. The smallest absolute Gasteiger partial charge is 0.234 e. The fourth-order valence-electron chi connectivity index (χ4n) is 3.27. The lowest BCUT2D eigenvalue weighted by Gasteiger charge is -2.34. The van der Waals surface area contributed by atoms with Gasteiger partial charge in [0.15, 0.2) is 4.34 Å². The summed E-state index contributed by atoms with van der Waals surface area (Å²) in [4.78, 5) is 28.7. The Labute approximate surface area is 199 Å². The number of hydrogen-bond donors (Lipinski definition) is 1. The minimum atomic E-state index is -0.0780. The van der Waals surface area contributed by atoms with Crippen LogP contribution in [0.15, 0.2) is 58.9 Å². The molecular weight excluding hydrogens is 466 g/mol. The van der Waals surface area contributed by atoms with E-state index in [4.69, 9.17) is 11.6 Å². The van der Waals surface area contributed by atoms with Gasteiger partial charge in [-0.05, 0) is 29.8 Å². The molecular formula is C22H22ClN5O2S2. The number of carbonyl (C=O) groups is 2. The number of piperazine rings is 1. The summed E-state index contributed by atoms with van der Waals surface area (Å²) in [6.45, 7) is 2.71. The standard InChI is InChI=1S/C22H22ClN5O2S2/c23-17-8-6-16(7-9-17)14-20(30)27-10-12-28(13-11-27)21-25-26-22(32-21)31-15-19(29)24-18-4-2-1-3-5-18/h1-9H,10-15H2,(H,24,29). The second-order valence-corrected chi connectivity index (χ2v) is 9.84. The van der Waals surface area contributed by atoms with E-state index in [9.17, 15) is 9.59 Å². The molecule has 0 spiro atoms. The van der Waals surface area contributed by atoms with Gasteiger partial charge in [0.1, 0.15) is 0 Å². The number of para-hydroxylation sites is 1. The molecule has 7 nitrogen and oxygen atoms in total. The lowest BCUT2D eigenvalue weighted by molar-refractivity contribution is -0.130. The third-order valence-electron chi connectivity index (χ3n) is 4.95. The van der Waals surface area contributed by atoms with Gasteiger partial charge in [-0.3, -0.25) is 9.59 Å². The van der Waals surface area contributed by atoms with Crippen molar-refractivity contribution in [2.75, 3.05) is 42.1 Å². The predicted molar refractivity (Wildman–Crippen MR) is 130 cm³/mol. The van der Waals surface area contributed by atoms with Crippen molar-refractivity contribution in [2.45, 2.75) is 10.8 Å². The van der Waals surface area contributed by atoms with Crippen LogP contribution >= 0.6 is 34.7 Å². The Morgan fingerprint density at radius 3 is 2.44 bits per heavy atom. The predicted octanol–water partition coefficient (Wildman–Crippen LogP) is 3.81. The Bertz CT molecular complexity index is 1050. The minimum absolute atomic E-state index is 0.0780. The molecule has 3 aromatic rings. The Hall–Kier alpha value is -2.62. The van der Waals surface area contributed by atoms with Crippen molar-refractivity contribution in [3.05, 3.63) is 65.2 Å². The molecule has 10 heteroatoms. The molecule has 1 N–H and O–H groups in total. The van der Waals surface area contributed by atoms with Crippen molar-refractivity contribution in [2.24, 2.45) is 0 Å². The molecule has 32 heavy (non-hydrogen) atoms. The first kappa shape index (κ1) is 22.6. The molecule has 1 aliphatic rings. The summed E-state index contributed by atoms with van der Waals surface area (Å²) >= 11 is 8.75. The van der Waals surface area contributed by atoms with Gasteiger partial charge in [0.05, 0.1) is 12.2 Å². The van der Waals surface area contributed by atoms with E-state index in [0.29, 0.717) is 37.6 Å². The summed E-state index contributed by atoms with van der Waals surface area (Å²) in [5.74, 6) is 0.312. The van der Waals surface area contributed by atoms with Crippen LogP contribution in [0.5, 0.6) is 0 Å². The molecule has 0 saturated carbocycles. The maximum absolute atomic E-state index is 12.6. The number of hydrogen-bond acceptors (Lipinski definition) is 7. The third-order valence-corrected chi connectivity index (χ3v) is 7.32. The van der Waals surface area contributed by atoms with Gasteiger partial charge < -0.3 is 15.1 Å². The molecule has 0 radical (unpaired) electrons. The number of carbonyl (C=O) groups excluding carboxylic acids is 2. The van der Waals surface area contributed by atoms with Crippen molar-refractivity contribution >= 4 is 57.3 Å². The summed E-state index contributed by atoms with van der Waals surface area (Å²) in [7, 11) is 0. The van der Waals surface area contributed by atoms with E-state index in [1.807, 2.05) is 47.4 Å². The monoisotopic (exact) mass is 487 g/mol. The lowest BCUT2D eigenvalue weighted by Crippen LogP contribution is -2.49. The van der Waals surface area contributed by atoms with E-state index in [1.54, 1.807) is 12.1 Å². The highest BCUT2D eigenvalue weighted by molar-refractivity contribution is 8.01. The van der Waals surface area contributed by atoms with Gasteiger partial charge in [-0.25, -0.2) is 0 Å². The quantitative estimate of drug-likeness (QED) is 0.510. The van der Waals surface area contributed by atoms with Crippen molar-refractivity contribution in [1.29, 1.82) is 0 Å². The normalized spacial score (nSPS) is 13.8. The minimum Gasteiger partial charge on any atom is -0.343 e. The molecule has 2 aromatic carbocycles. The molecule has 166 valence electrons. The zero-order chi connectivity index (χ0) is 22.3. The van der Waals surface area contributed by atoms with Crippen LogP contribution < -0.4 is 10.2 Å². The number of halogens is 1. The summed E-state index contributed by atoms with van der Waals surface area (Å²) < 4.78 is 0.754. The van der Waals surface area contributed by atoms with E-state index < -0.39 is 0 Å². The number of aromatic nitrogens is 2. The van der Waals surface area contributed by atoms with Gasteiger partial charge >= 0.3 is 0 Å². The first-order chi connectivity index (χ1) is 15.6. The highest BCUT2D eigenvalue weighted by Crippen LogP contribution is 2.28. The van der Waals surface area contributed by atoms with E-state index >= 15 is 0 Å². The Morgan fingerprint density at radius 2 is 1.72 bits per heavy atom. The summed E-state index contributed by atoms with van der Waals surface area (Å²) in [6.07, 6.45) is 0.377. The van der Waals surface area contributed by atoms with Gasteiger partial charge in [0.2, 0.25) is 16.9 Å². The zero-order valence-electron chi connectivity index (χ0n) is 17.2. The van der Waals surface area contributed by atoms with Gasteiger partial charge in [0.25, 0.3) is 0 Å². The maximum atomic E-state index is 12.6. The summed E-state index contributed by atoms with van der Waals surface area (Å²) in [5, 5.41) is 12.8. The number of amides is 2. The highest BCUT2D eigenvalue weighted by Gasteiger charge is 2.23. The van der Waals surface area contributed by atoms with Gasteiger partial charge in [0, 0.05) is 36.9 Å². The average molecular weight is 488 g/mol. The number of benzene rings is 2. The molecule has 0 atom stereocenters. The van der Waals surface area contributed by atoms with E-state index in [2.05, 4.69) is 20.4 Å². The maximum Gasteiger partial charge on any atom is 0.234 e. The Morgan fingerprint density at radius 1 is 1.00 bits per heavy atom. The third kappa shape index (κ3) is 6.21. The Balaban J connectivity index is 1.22.